The maximum atomic E-state index is 13.8. The number of rotatable bonds is 4. The third kappa shape index (κ3) is 4.25. The molecule has 0 unspecified atom stereocenters. The molecule has 1 fully saturated rings. The highest BCUT2D eigenvalue weighted by molar-refractivity contribution is 6.31. The van der Waals surface area contributed by atoms with Crippen molar-refractivity contribution in [2.24, 2.45) is 0 Å². The average Bonchev–Trinajstić information content (AvgIpc) is 3.27. The molecule has 0 radical (unpaired) electrons. The molecule has 0 N–H and O–H groups in total. The zero-order valence-electron chi connectivity index (χ0n) is 19.2. The van der Waals surface area contributed by atoms with E-state index >= 15 is 0 Å². The molecule has 0 aliphatic carbocycles. The van der Waals surface area contributed by atoms with Crippen molar-refractivity contribution in [1.29, 1.82) is 0 Å². The summed E-state index contributed by atoms with van der Waals surface area (Å²) in [4.78, 5) is 41.7. The van der Waals surface area contributed by atoms with Gasteiger partial charge in [0.25, 0.3) is 11.8 Å². The normalized spacial score (nSPS) is 15.7. The molecular weight excluding hydrogens is 452 g/mol. The summed E-state index contributed by atoms with van der Waals surface area (Å²) in [5.74, 6) is 1.87. The lowest BCUT2D eigenvalue weighted by molar-refractivity contribution is 0.0735. The second-order valence-electron chi connectivity index (χ2n) is 8.65. The number of piperazine rings is 1. The number of aryl methyl sites for hydroxylation is 1. The lowest BCUT2D eigenvalue weighted by atomic mass is 10.1. The van der Waals surface area contributed by atoms with Crippen molar-refractivity contribution < 1.29 is 9.59 Å². The van der Waals surface area contributed by atoms with Gasteiger partial charge in [-0.3, -0.25) is 14.5 Å². The molecule has 2 amide bonds. The van der Waals surface area contributed by atoms with Crippen LogP contribution in [0.15, 0.2) is 48.7 Å². The molecule has 0 bridgehead atoms. The molecule has 0 spiro atoms. The minimum absolute atomic E-state index is 0.0814. The average molecular weight is 479 g/mol. The molecule has 1 aromatic carbocycles. The molecule has 2 aliphatic rings. The molecule has 1 saturated heterocycles. The summed E-state index contributed by atoms with van der Waals surface area (Å²) < 4.78 is 2.01. The fraction of sp³-hybridized carbons (Fsp3) is 0.360. The van der Waals surface area contributed by atoms with Crippen molar-refractivity contribution >= 4 is 35.1 Å². The Labute approximate surface area is 203 Å². The first-order valence-corrected chi connectivity index (χ1v) is 12.0. The van der Waals surface area contributed by atoms with Crippen LogP contribution in [-0.2, 0) is 13.0 Å². The maximum Gasteiger partial charge on any atom is 0.274 e. The highest BCUT2D eigenvalue weighted by atomic mass is 35.5. The Kier molecular flexibility index (Phi) is 6.24. The van der Waals surface area contributed by atoms with Gasteiger partial charge < -0.3 is 14.4 Å². The minimum atomic E-state index is -0.244. The summed E-state index contributed by atoms with van der Waals surface area (Å²) in [5, 5.41) is 0.491. The molecule has 9 heteroatoms. The number of carbonyl (C=O) groups is 2. The summed E-state index contributed by atoms with van der Waals surface area (Å²) >= 11 is 6.10. The number of imidazole rings is 1. The largest absolute Gasteiger partial charge is 0.353 e. The Balaban J connectivity index is 1.41. The first-order valence-electron chi connectivity index (χ1n) is 11.6. The van der Waals surface area contributed by atoms with E-state index in [1.807, 2.05) is 27.7 Å². The molecule has 3 aromatic rings. The summed E-state index contributed by atoms with van der Waals surface area (Å²) in [6.45, 7) is 3.31. The first kappa shape index (κ1) is 22.4. The number of hydrogen-bond donors (Lipinski definition) is 0. The molecule has 8 nitrogen and oxygen atoms in total. The van der Waals surface area contributed by atoms with Gasteiger partial charge in [-0.25, -0.2) is 9.97 Å². The van der Waals surface area contributed by atoms with E-state index < -0.39 is 0 Å². The quantitative estimate of drug-likeness (QED) is 0.573. The van der Waals surface area contributed by atoms with Gasteiger partial charge >= 0.3 is 0 Å². The Morgan fingerprint density at radius 2 is 1.82 bits per heavy atom. The Morgan fingerprint density at radius 1 is 1.00 bits per heavy atom. The van der Waals surface area contributed by atoms with Gasteiger partial charge in [-0.15, -0.1) is 0 Å². The van der Waals surface area contributed by atoms with Crippen LogP contribution >= 0.6 is 11.6 Å². The van der Waals surface area contributed by atoms with Crippen molar-refractivity contribution in [2.45, 2.75) is 25.8 Å². The van der Waals surface area contributed by atoms with Crippen molar-refractivity contribution in [1.82, 2.24) is 19.4 Å². The van der Waals surface area contributed by atoms with Crippen LogP contribution in [0, 0.1) is 0 Å². The van der Waals surface area contributed by atoms with Crippen LogP contribution in [-0.4, -0.2) is 64.5 Å². The van der Waals surface area contributed by atoms with Gasteiger partial charge in [0.2, 0.25) is 0 Å². The number of amides is 2. The van der Waals surface area contributed by atoms with E-state index in [-0.39, 0.29) is 11.8 Å². The minimum Gasteiger partial charge on any atom is -0.353 e. The lowest BCUT2D eigenvalue weighted by Crippen LogP contribution is -2.49. The first-order chi connectivity index (χ1) is 16.5. The Hall–Kier alpha value is -3.39. The number of halogens is 1. The SMILES string of the molecule is CN(C(=O)c1cccc(Cl)c1)c1nc2n(c1C(=O)N1CCN(c3ccccn3)CC1)CCCC2. The zero-order chi connectivity index (χ0) is 23.7. The zero-order valence-corrected chi connectivity index (χ0v) is 19.9. The Bertz CT molecular complexity index is 1200. The summed E-state index contributed by atoms with van der Waals surface area (Å²) in [5.41, 5.74) is 0.960. The molecular formula is C25H27ClN6O2. The van der Waals surface area contributed by atoms with Gasteiger partial charge in [-0.05, 0) is 43.2 Å². The van der Waals surface area contributed by atoms with E-state index in [1.165, 1.54) is 4.90 Å². The van der Waals surface area contributed by atoms with Crippen molar-refractivity contribution in [3.63, 3.8) is 0 Å². The highest BCUT2D eigenvalue weighted by Crippen LogP contribution is 2.29. The maximum absolute atomic E-state index is 13.8. The molecule has 0 saturated carbocycles. The van der Waals surface area contributed by atoms with Crippen LogP contribution in [0.5, 0.6) is 0 Å². The predicted octanol–water partition coefficient (Wildman–Crippen LogP) is 3.51. The van der Waals surface area contributed by atoms with Crippen LogP contribution in [0.1, 0.15) is 39.5 Å². The summed E-state index contributed by atoms with van der Waals surface area (Å²) in [6.07, 6.45) is 4.60. The predicted molar refractivity (Wildman–Crippen MR) is 132 cm³/mol. The number of hydrogen-bond acceptors (Lipinski definition) is 5. The number of carbonyl (C=O) groups excluding carboxylic acids is 2. The number of aromatic nitrogens is 3. The van der Waals surface area contributed by atoms with Crippen LogP contribution in [0.3, 0.4) is 0 Å². The molecule has 2 aromatic heterocycles. The number of pyridine rings is 1. The monoisotopic (exact) mass is 478 g/mol. The van der Waals surface area contributed by atoms with Crippen LogP contribution < -0.4 is 9.80 Å². The van der Waals surface area contributed by atoms with Crippen molar-refractivity contribution in [3.8, 4) is 0 Å². The lowest BCUT2D eigenvalue weighted by Gasteiger charge is -2.35. The van der Waals surface area contributed by atoms with Crippen molar-refractivity contribution in [3.05, 3.63) is 70.8 Å². The van der Waals surface area contributed by atoms with Gasteiger partial charge in [0, 0.05) is 63.0 Å². The highest BCUT2D eigenvalue weighted by Gasteiger charge is 2.33. The second-order valence-corrected chi connectivity index (χ2v) is 9.09. The molecule has 5 rings (SSSR count). The number of anilines is 2. The van der Waals surface area contributed by atoms with E-state index in [2.05, 4.69) is 9.88 Å². The van der Waals surface area contributed by atoms with E-state index in [1.54, 1.807) is 37.5 Å². The van der Waals surface area contributed by atoms with Crippen LogP contribution in [0.2, 0.25) is 5.02 Å². The van der Waals surface area contributed by atoms with Crippen LogP contribution in [0.4, 0.5) is 11.6 Å². The topological polar surface area (TPSA) is 74.6 Å². The molecule has 2 aliphatic heterocycles. The smallest absolute Gasteiger partial charge is 0.274 e. The number of benzene rings is 1. The fourth-order valence-electron chi connectivity index (χ4n) is 4.66. The van der Waals surface area contributed by atoms with E-state index in [9.17, 15) is 9.59 Å². The number of fused-ring (bicyclic) bond motifs is 1. The third-order valence-electron chi connectivity index (χ3n) is 6.50. The fourth-order valence-corrected chi connectivity index (χ4v) is 4.85. The van der Waals surface area contributed by atoms with E-state index in [0.717, 1.165) is 37.4 Å². The molecule has 0 atom stereocenters. The third-order valence-corrected chi connectivity index (χ3v) is 6.73. The molecule has 34 heavy (non-hydrogen) atoms. The van der Waals surface area contributed by atoms with Gasteiger partial charge in [0.15, 0.2) is 11.5 Å². The molecule has 4 heterocycles. The van der Waals surface area contributed by atoms with Gasteiger partial charge in [0.1, 0.15) is 11.6 Å². The van der Waals surface area contributed by atoms with Gasteiger partial charge in [-0.1, -0.05) is 23.7 Å². The molecule has 176 valence electrons. The Morgan fingerprint density at radius 3 is 2.56 bits per heavy atom. The van der Waals surface area contributed by atoms with Crippen molar-refractivity contribution in [2.75, 3.05) is 43.0 Å². The van der Waals surface area contributed by atoms with Gasteiger partial charge in [0.05, 0.1) is 0 Å². The summed E-state index contributed by atoms with van der Waals surface area (Å²) in [7, 11) is 1.67. The van der Waals surface area contributed by atoms with E-state index in [4.69, 9.17) is 16.6 Å². The standard InChI is InChI=1S/C25H27ClN6O2/c1-29(24(33)18-7-6-8-19(26)17-18)23-22(32-12-5-3-10-21(32)28-23)25(34)31-15-13-30(14-16-31)20-9-2-4-11-27-20/h2,4,6-9,11,17H,3,5,10,12-16H2,1H3. The summed E-state index contributed by atoms with van der Waals surface area (Å²) in [6, 6.07) is 12.7. The second kappa shape index (κ2) is 9.46. The van der Waals surface area contributed by atoms with Crippen LogP contribution in [0.25, 0.3) is 0 Å². The number of nitrogens with zero attached hydrogens (tertiary/aromatic N) is 6. The van der Waals surface area contributed by atoms with E-state index in [0.29, 0.717) is 48.3 Å². The van der Waals surface area contributed by atoms with Gasteiger partial charge in [-0.2, -0.15) is 0 Å².